The van der Waals surface area contributed by atoms with Gasteiger partial charge in [0.05, 0.1) is 5.69 Å². The molecule has 0 radical (unpaired) electrons. The van der Waals surface area contributed by atoms with Crippen molar-refractivity contribution in [2.75, 3.05) is 11.9 Å². The maximum atomic E-state index is 13.5. The molecular formula is C26H23FN4O. The molecule has 6 heteroatoms. The van der Waals surface area contributed by atoms with Crippen molar-refractivity contribution in [3.63, 3.8) is 0 Å². The van der Waals surface area contributed by atoms with Gasteiger partial charge in [-0.2, -0.15) is 0 Å². The van der Waals surface area contributed by atoms with Crippen LogP contribution in [0.3, 0.4) is 0 Å². The van der Waals surface area contributed by atoms with Crippen LogP contribution < -0.4 is 10.6 Å². The van der Waals surface area contributed by atoms with Gasteiger partial charge in [-0.15, -0.1) is 0 Å². The predicted molar refractivity (Wildman–Crippen MR) is 124 cm³/mol. The van der Waals surface area contributed by atoms with Gasteiger partial charge in [-0.05, 0) is 48.7 Å². The van der Waals surface area contributed by atoms with E-state index in [2.05, 4.69) is 32.7 Å². The fourth-order valence-electron chi connectivity index (χ4n) is 3.36. The van der Waals surface area contributed by atoms with Gasteiger partial charge < -0.3 is 10.6 Å². The molecule has 1 aromatic heterocycles. The molecule has 1 amide bonds. The largest absolute Gasteiger partial charge is 0.352 e. The molecule has 0 unspecified atom stereocenters. The smallest absolute Gasteiger partial charge is 0.251 e. The highest BCUT2D eigenvalue weighted by molar-refractivity contribution is 5.95. The van der Waals surface area contributed by atoms with Crippen molar-refractivity contribution < 1.29 is 9.18 Å². The average molecular weight is 426 g/mol. The quantitative estimate of drug-likeness (QED) is 0.371. The number of anilines is 2. The first kappa shape index (κ1) is 21.2. The van der Waals surface area contributed by atoms with Gasteiger partial charge >= 0.3 is 0 Å². The van der Waals surface area contributed by atoms with Gasteiger partial charge in [0, 0.05) is 29.4 Å². The Kier molecular flexibility index (Phi) is 6.82. The summed E-state index contributed by atoms with van der Waals surface area (Å²) in [4.78, 5) is 21.0. The van der Waals surface area contributed by atoms with E-state index in [1.807, 2.05) is 30.3 Å². The minimum atomic E-state index is -0.321. The molecule has 0 atom stereocenters. The van der Waals surface area contributed by atoms with Crippen molar-refractivity contribution in [1.29, 1.82) is 0 Å². The molecule has 0 spiro atoms. The van der Waals surface area contributed by atoms with Crippen LogP contribution in [0.2, 0.25) is 0 Å². The Balaban J connectivity index is 1.36. The van der Waals surface area contributed by atoms with Gasteiger partial charge in [0.1, 0.15) is 18.0 Å². The predicted octanol–water partition coefficient (Wildman–Crippen LogP) is 5.39. The number of hydrogen-bond donors (Lipinski definition) is 2. The van der Waals surface area contributed by atoms with Crippen LogP contribution in [0.1, 0.15) is 22.3 Å². The number of aromatic nitrogens is 2. The van der Waals surface area contributed by atoms with E-state index < -0.39 is 0 Å². The number of amides is 1. The summed E-state index contributed by atoms with van der Waals surface area (Å²) >= 11 is 0. The summed E-state index contributed by atoms with van der Waals surface area (Å²) in [5.74, 6) is 0.114. The first-order chi connectivity index (χ1) is 15.7. The summed E-state index contributed by atoms with van der Waals surface area (Å²) in [6.07, 6.45) is 3.22. The van der Waals surface area contributed by atoms with E-state index in [1.165, 1.54) is 24.0 Å². The van der Waals surface area contributed by atoms with Gasteiger partial charge in [-0.25, -0.2) is 14.4 Å². The van der Waals surface area contributed by atoms with Gasteiger partial charge in [-0.1, -0.05) is 48.5 Å². The Morgan fingerprint density at radius 3 is 2.56 bits per heavy atom. The number of carbonyl (C=O) groups is 1. The highest BCUT2D eigenvalue weighted by Crippen LogP contribution is 2.22. The van der Waals surface area contributed by atoms with Crippen LogP contribution in [0.5, 0.6) is 0 Å². The van der Waals surface area contributed by atoms with Crippen LogP contribution in [-0.4, -0.2) is 22.4 Å². The van der Waals surface area contributed by atoms with Crippen molar-refractivity contribution in [3.8, 4) is 11.3 Å². The second-order valence-corrected chi connectivity index (χ2v) is 7.35. The lowest BCUT2D eigenvalue weighted by molar-refractivity contribution is 0.0953. The van der Waals surface area contributed by atoms with Gasteiger partial charge in [0.15, 0.2) is 0 Å². The Morgan fingerprint density at radius 1 is 0.875 bits per heavy atom. The lowest BCUT2D eigenvalue weighted by Crippen LogP contribution is -2.24. The van der Waals surface area contributed by atoms with E-state index in [-0.39, 0.29) is 11.7 Å². The molecule has 0 saturated heterocycles. The van der Waals surface area contributed by atoms with Gasteiger partial charge in [-0.3, -0.25) is 4.79 Å². The number of nitrogens with one attached hydrogen (secondary N) is 2. The van der Waals surface area contributed by atoms with Crippen molar-refractivity contribution >= 4 is 17.4 Å². The lowest BCUT2D eigenvalue weighted by Gasteiger charge is -2.10. The Morgan fingerprint density at radius 2 is 1.72 bits per heavy atom. The molecule has 5 nitrogen and oxygen atoms in total. The first-order valence-electron chi connectivity index (χ1n) is 10.4. The standard InChI is InChI=1S/C26H23FN4O/c27-22-12-4-10-20(15-22)24-17-25(30-18-29-24)31-23-13-5-11-21(16-23)26(32)28-14-6-9-19-7-2-1-3-8-19/h1-5,7-8,10-13,15-18H,6,9,14H2,(H,28,32)(H,29,30,31). The van der Waals surface area contributed by atoms with E-state index in [9.17, 15) is 9.18 Å². The van der Waals surface area contributed by atoms with Crippen LogP contribution in [0.4, 0.5) is 15.9 Å². The third kappa shape index (κ3) is 5.76. The Labute approximate surface area is 186 Å². The molecule has 0 bridgehead atoms. The molecule has 0 aliphatic heterocycles. The maximum Gasteiger partial charge on any atom is 0.251 e. The maximum absolute atomic E-state index is 13.5. The molecule has 4 rings (SSSR count). The summed E-state index contributed by atoms with van der Waals surface area (Å²) in [5.41, 5.74) is 3.82. The fourth-order valence-corrected chi connectivity index (χ4v) is 3.36. The van der Waals surface area contributed by atoms with Gasteiger partial charge in [0.2, 0.25) is 0 Å². The number of rotatable bonds is 8. The molecule has 1 heterocycles. The van der Waals surface area contributed by atoms with E-state index in [4.69, 9.17) is 0 Å². The molecule has 0 saturated carbocycles. The second-order valence-electron chi connectivity index (χ2n) is 7.35. The number of carbonyl (C=O) groups excluding carboxylic acids is 1. The second kappa shape index (κ2) is 10.3. The Hall–Kier alpha value is -4.06. The molecule has 3 aromatic carbocycles. The zero-order chi connectivity index (χ0) is 22.2. The third-order valence-electron chi connectivity index (χ3n) is 4.96. The van der Waals surface area contributed by atoms with E-state index in [0.717, 1.165) is 18.5 Å². The minimum Gasteiger partial charge on any atom is -0.352 e. The number of halogens is 1. The Bertz CT molecular complexity index is 1200. The normalized spacial score (nSPS) is 10.5. The monoisotopic (exact) mass is 426 g/mol. The van der Waals surface area contributed by atoms with E-state index >= 15 is 0 Å². The summed E-state index contributed by atoms with van der Waals surface area (Å²) in [6.45, 7) is 0.605. The fraction of sp³-hybridized carbons (Fsp3) is 0.115. The van der Waals surface area contributed by atoms with Crippen LogP contribution >= 0.6 is 0 Å². The molecule has 2 N–H and O–H groups in total. The molecule has 4 aromatic rings. The summed E-state index contributed by atoms with van der Waals surface area (Å²) < 4.78 is 13.5. The molecular weight excluding hydrogens is 403 g/mol. The lowest BCUT2D eigenvalue weighted by atomic mass is 10.1. The molecule has 0 aliphatic rings. The first-order valence-corrected chi connectivity index (χ1v) is 10.4. The third-order valence-corrected chi connectivity index (χ3v) is 4.96. The number of aryl methyl sites for hydroxylation is 1. The number of benzene rings is 3. The van der Waals surface area contributed by atoms with Crippen LogP contribution in [-0.2, 0) is 6.42 Å². The van der Waals surface area contributed by atoms with Crippen LogP contribution in [0.15, 0.2) is 91.3 Å². The van der Waals surface area contributed by atoms with Gasteiger partial charge in [0.25, 0.3) is 5.91 Å². The zero-order valence-corrected chi connectivity index (χ0v) is 17.5. The molecule has 0 aliphatic carbocycles. The molecule has 160 valence electrons. The highest BCUT2D eigenvalue weighted by atomic mass is 19.1. The summed E-state index contributed by atoms with van der Waals surface area (Å²) in [5, 5.41) is 6.16. The van der Waals surface area contributed by atoms with E-state index in [0.29, 0.717) is 29.2 Å². The molecule has 32 heavy (non-hydrogen) atoms. The van der Waals surface area contributed by atoms with E-state index in [1.54, 1.807) is 30.3 Å². The summed E-state index contributed by atoms with van der Waals surface area (Å²) in [7, 11) is 0. The van der Waals surface area contributed by atoms with Crippen molar-refractivity contribution in [2.45, 2.75) is 12.8 Å². The topological polar surface area (TPSA) is 66.9 Å². The summed E-state index contributed by atoms with van der Waals surface area (Å²) in [6, 6.07) is 25.4. The number of hydrogen-bond acceptors (Lipinski definition) is 4. The van der Waals surface area contributed by atoms with Crippen LogP contribution in [0.25, 0.3) is 11.3 Å². The highest BCUT2D eigenvalue weighted by Gasteiger charge is 2.08. The molecule has 0 fully saturated rings. The minimum absolute atomic E-state index is 0.121. The zero-order valence-electron chi connectivity index (χ0n) is 17.5. The van der Waals surface area contributed by atoms with Crippen molar-refractivity contribution in [2.24, 2.45) is 0 Å². The number of nitrogens with zero attached hydrogens (tertiary/aromatic N) is 2. The average Bonchev–Trinajstić information content (AvgIpc) is 2.83. The van der Waals surface area contributed by atoms with Crippen molar-refractivity contribution in [3.05, 3.63) is 108 Å². The van der Waals surface area contributed by atoms with Crippen molar-refractivity contribution in [1.82, 2.24) is 15.3 Å². The SMILES string of the molecule is O=C(NCCCc1ccccc1)c1cccc(Nc2cc(-c3cccc(F)c3)ncn2)c1. The van der Waals surface area contributed by atoms with Crippen LogP contribution in [0, 0.1) is 5.82 Å².